The Hall–Kier alpha value is -2.60. The van der Waals surface area contributed by atoms with Crippen molar-refractivity contribution in [3.63, 3.8) is 0 Å². The number of halogens is 2. The number of benzene rings is 2. The number of nitrogens with one attached hydrogen (secondary N) is 1. The number of aromatic nitrogens is 2. The van der Waals surface area contributed by atoms with Crippen molar-refractivity contribution in [3.8, 4) is 17.1 Å². The Bertz CT molecular complexity index is 823. The summed E-state index contributed by atoms with van der Waals surface area (Å²) in [4.78, 5) is 4.32. The number of para-hydroxylation sites is 1. The molecular formula is C16H13ClFN3O2. The van der Waals surface area contributed by atoms with Gasteiger partial charge in [-0.15, -0.1) is 0 Å². The number of hydrogen-bond donors (Lipinski definition) is 1. The molecule has 3 aromatic rings. The van der Waals surface area contributed by atoms with Gasteiger partial charge in [0.25, 0.3) is 0 Å². The molecule has 0 spiro atoms. The van der Waals surface area contributed by atoms with E-state index in [1.165, 1.54) is 12.1 Å². The minimum atomic E-state index is -0.464. The first kappa shape index (κ1) is 15.3. The molecule has 0 bridgehead atoms. The zero-order valence-electron chi connectivity index (χ0n) is 12.2. The third kappa shape index (κ3) is 3.43. The second kappa shape index (κ2) is 6.66. The van der Waals surface area contributed by atoms with Crippen LogP contribution in [0.5, 0.6) is 5.75 Å². The molecule has 0 aliphatic heterocycles. The van der Waals surface area contributed by atoms with E-state index in [2.05, 4.69) is 15.5 Å². The highest BCUT2D eigenvalue weighted by atomic mass is 35.5. The summed E-state index contributed by atoms with van der Waals surface area (Å²) >= 11 is 5.73. The van der Waals surface area contributed by atoms with Gasteiger partial charge in [-0.3, -0.25) is 0 Å². The van der Waals surface area contributed by atoms with E-state index in [9.17, 15) is 4.39 Å². The van der Waals surface area contributed by atoms with Crippen LogP contribution in [-0.2, 0) is 6.54 Å². The van der Waals surface area contributed by atoms with Gasteiger partial charge in [0.1, 0.15) is 11.6 Å². The van der Waals surface area contributed by atoms with E-state index in [0.29, 0.717) is 29.7 Å². The lowest BCUT2D eigenvalue weighted by Crippen LogP contribution is -2.00. The average molecular weight is 334 g/mol. The molecule has 1 heterocycles. The molecule has 0 amide bonds. The fourth-order valence-corrected chi connectivity index (χ4v) is 2.23. The van der Waals surface area contributed by atoms with Gasteiger partial charge >= 0.3 is 0 Å². The van der Waals surface area contributed by atoms with Crippen molar-refractivity contribution in [1.82, 2.24) is 10.1 Å². The highest BCUT2D eigenvalue weighted by molar-refractivity contribution is 6.31. The Morgan fingerprint density at radius 1 is 1.26 bits per heavy atom. The van der Waals surface area contributed by atoms with Crippen molar-refractivity contribution in [2.24, 2.45) is 0 Å². The van der Waals surface area contributed by atoms with Crippen LogP contribution < -0.4 is 10.1 Å². The van der Waals surface area contributed by atoms with Crippen LogP contribution >= 0.6 is 11.6 Å². The van der Waals surface area contributed by atoms with Gasteiger partial charge in [0, 0.05) is 5.69 Å². The first-order valence-corrected chi connectivity index (χ1v) is 7.20. The molecule has 0 unspecified atom stereocenters. The fourth-order valence-electron chi connectivity index (χ4n) is 2.05. The average Bonchev–Trinajstić information content (AvgIpc) is 3.04. The molecule has 0 aliphatic rings. The predicted octanol–water partition coefficient (Wildman–Crippen LogP) is 4.15. The molecule has 0 aliphatic carbocycles. The van der Waals surface area contributed by atoms with Crippen molar-refractivity contribution in [2.45, 2.75) is 6.54 Å². The number of rotatable bonds is 5. The number of anilines is 1. The Morgan fingerprint density at radius 3 is 2.87 bits per heavy atom. The van der Waals surface area contributed by atoms with E-state index < -0.39 is 5.82 Å². The van der Waals surface area contributed by atoms with Crippen LogP contribution in [0.4, 0.5) is 10.1 Å². The lowest BCUT2D eigenvalue weighted by Gasteiger charge is -2.04. The van der Waals surface area contributed by atoms with Crippen LogP contribution in [0.2, 0.25) is 5.02 Å². The Morgan fingerprint density at radius 2 is 2.09 bits per heavy atom. The zero-order valence-corrected chi connectivity index (χ0v) is 13.0. The van der Waals surface area contributed by atoms with Crippen LogP contribution in [0.15, 0.2) is 47.0 Å². The normalized spacial score (nSPS) is 10.6. The summed E-state index contributed by atoms with van der Waals surface area (Å²) in [5.41, 5.74) is 1.41. The molecule has 7 heteroatoms. The molecule has 5 nitrogen and oxygen atoms in total. The minimum absolute atomic E-state index is 0.0511. The van der Waals surface area contributed by atoms with Gasteiger partial charge in [-0.05, 0) is 30.3 Å². The van der Waals surface area contributed by atoms with Gasteiger partial charge in [-0.25, -0.2) is 4.39 Å². The van der Waals surface area contributed by atoms with Crippen LogP contribution in [0, 0.1) is 5.82 Å². The van der Waals surface area contributed by atoms with Gasteiger partial charge in [0.05, 0.1) is 24.2 Å². The number of methoxy groups -OCH3 is 1. The minimum Gasteiger partial charge on any atom is -0.496 e. The quantitative estimate of drug-likeness (QED) is 0.760. The largest absolute Gasteiger partial charge is 0.496 e. The van der Waals surface area contributed by atoms with Gasteiger partial charge in [-0.2, -0.15) is 4.98 Å². The summed E-state index contributed by atoms with van der Waals surface area (Å²) in [6.07, 6.45) is 0. The van der Waals surface area contributed by atoms with Crippen LogP contribution in [-0.4, -0.2) is 17.3 Å². The van der Waals surface area contributed by atoms with E-state index in [1.807, 2.05) is 24.3 Å². The van der Waals surface area contributed by atoms with E-state index in [4.69, 9.17) is 20.9 Å². The second-order valence-electron chi connectivity index (χ2n) is 4.69. The van der Waals surface area contributed by atoms with Gasteiger partial charge in [0.15, 0.2) is 0 Å². The van der Waals surface area contributed by atoms with Gasteiger partial charge in [-0.1, -0.05) is 28.9 Å². The zero-order chi connectivity index (χ0) is 16.2. The molecule has 3 rings (SSSR count). The maximum Gasteiger partial charge on any atom is 0.246 e. The summed E-state index contributed by atoms with van der Waals surface area (Å²) in [5.74, 6) is 1.04. The van der Waals surface area contributed by atoms with Crippen molar-refractivity contribution >= 4 is 17.3 Å². The van der Waals surface area contributed by atoms with Crippen LogP contribution in [0.25, 0.3) is 11.4 Å². The van der Waals surface area contributed by atoms with E-state index in [0.717, 1.165) is 5.56 Å². The first-order valence-electron chi connectivity index (χ1n) is 6.82. The molecule has 0 atom stereocenters. The molecule has 0 saturated carbocycles. The Labute approximate surface area is 137 Å². The second-order valence-corrected chi connectivity index (χ2v) is 5.10. The summed E-state index contributed by atoms with van der Waals surface area (Å²) < 4.78 is 23.6. The Balaban J connectivity index is 1.73. The molecule has 1 aromatic heterocycles. The van der Waals surface area contributed by atoms with Crippen molar-refractivity contribution in [2.75, 3.05) is 12.4 Å². The number of hydrogen-bond acceptors (Lipinski definition) is 5. The third-order valence-corrected chi connectivity index (χ3v) is 3.47. The summed E-state index contributed by atoms with van der Waals surface area (Å²) in [6.45, 7) is 0.296. The van der Waals surface area contributed by atoms with E-state index in [1.54, 1.807) is 13.2 Å². The SMILES string of the molecule is COc1ccccc1-c1noc(CNc2ccc(F)c(Cl)c2)n1. The molecule has 1 N–H and O–H groups in total. The van der Waals surface area contributed by atoms with Crippen molar-refractivity contribution < 1.29 is 13.7 Å². The molecule has 0 fully saturated rings. The van der Waals surface area contributed by atoms with E-state index >= 15 is 0 Å². The van der Waals surface area contributed by atoms with Crippen LogP contribution in [0.3, 0.4) is 0 Å². The molecular weight excluding hydrogens is 321 g/mol. The highest BCUT2D eigenvalue weighted by Gasteiger charge is 2.12. The molecule has 0 saturated heterocycles. The molecule has 23 heavy (non-hydrogen) atoms. The summed E-state index contributed by atoms with van der Waals surface area (Å²) in [7, 11) is 1.58. The first-order chi connectivity index (χ1) is 11.2. The Kier molecular flexibility index (Phi) is 4.43. The highest BCUT2D eigenvalue weighted by Crippen LogP contribution is 2.27. The predicted molar refractivity (Wildman–Crippen MR) is 85.0 cm³/mol. The number of ether oxygens (including phenoxy) is 1. The van der Waals surface area contributed by atoms with Crippen LogP contribution in [0.1, 0.15) is 5.89 Å². The van der Waals surface area contributed by atoms with Crippen molar-refractivity contribution in [1.29, 1.82) is 0 Å². The monoisotopic (exact) mass is 333 g/mol. The lowest BCUT2D eigenvalue weighted by atomic mass is 10.2. The van der Waals surface area contributed by atoms with Crippen molar-refractivity contribution in [3.05, 3.63) is 59.2 Å². The summed E-state index contributed by atoms with van der Waals surface area (Å²) in [5, 5.41) is 7.04. The molecule has 118 valence electrons. The number of nitrogens with zero attached hydrogens (tertiary/aromatic N) is 2. The lowest BCUT2D eigenvalue weighted by molar-refractivity contribution is 0.383. The summed E-state index contributed by atoms with van der Waals surface area (Å²) in [6, 6.07) is 11.8. The van der Waals surface area contributed by atoms with Gasteiger partial charge < -0.3 is 14.6 Å². The molecule has 2 aromatic carbocycles. The fraction of sp³-hybridized carbons (Fsp3) is 0.125. The topological polar surface area (TPSA) is 60.2 Å². The van der Waals surface area contributed by atoms with Gasteiger partial charge in [0.2, 0.25) is 11.7 Å². The standard InChI is InChI=1S/C16H13ClFN3O2/c1-22-14-5-3-2-4-11(14)16-20-15(23-21-16)9-19-10-6-7-13(18)12(17)8-10/h2-8,19H,9H2,1H3. The third-order valence-electron chi connectivity index (χ3n) is 3.18. The smallest absolute Gasteiger partial charge is 0.246 e. The maximum absolute atomic E-state index is 13.1. The molecule has 0 radical (unpaired) electrons. The maximum atomic E-state index is 13.1. The van der Waals surface area contributed by atoms with E-state index in [-0.39, 0.29) is 5.02 Å².